The maximum atomic E-state index is 12.2. The predicted molar refractivity (Wildman–Crippen MR) is 134 cm³/mol. The molecular weight excluding hydrogens is 486 g/mol. The molecule has 0 spiro atoms. The van der Waals surface area contributed by atoms with E-state index in [1.807, 2.05) is 20.2 Å². The lowest BCUT2D eigenvalue weighted by molar-refractivity contribution is 0.0985. The number of benzene rings is 1. The van der Waals surface area contributed by atoms with Crippen LogP contribution in [0.15, 0.2) is 42.7 Å². The summed E-state index contributed by atoms with van der Waals surface area (Å²) in [4.78, 5) is 23.6. The first-order chi connectivity index (χ1) is 17.2. The molecule has 1 aromatic carbocycles. The van der Waals surface area contributed by atoms with Crippen LogP contribution in [0, 0.1) is 0 Å². The highest BCUT2D eigenvalue weighted by atomic mass is 32.2. The number of aryl methyl sites for hydroxylation is 1. The van der Waals surface area contributed by atoms with Crippen LogP contribution in [0.2, 0.25) is 0 Å². The van der Waals surface area contributed by atoms with Crippen LogP contribution >= 0.6 is 0 Å². The fraction of sp³-hybridized carbons (Fsp3) is 0.391. The number of amides is 2. The van der Waals surface area contributed by atoms with E-state index in [4.69, 9.17) is 13.9 Å². The Morgan fingerprint density at radius 1 is 1.25 bits per heavy atom. The molecule has 192 valence electrons. The maximum absolute atomic E-state index is 12.2. The first-order valence-corrected chi connectivity index (χ1v) is 13.2. The standard InChI is InChI=1S/C23H29N7O5S/c1-16-14-34-9-8-30(16)21-10-20(15-35-36(3,32)33)26-22(28-21)18-4-6-19(7-5-18)27-23(31)24-11-17-12-25-29(2)13-17/h4-7,10,12-13,16H,8-9,11,14-15H2,1-3H3,(H2,24,27,31)/t16-/m0/s1. The first kappa shape index (κ1) is 25.5. The van der Waals surface area contributed by atoms with Crippen LogP contribution in [0.5, 0.6) is 0 Å². The Balaban J connectivity index is 1.50. The topological polar surface area (TPSA) is 141 Å². The van der Waals surface area contributed by atoms with Gasteiger partial charge in [-0.1, -0.05) is 0 Å². The van der Waals surface area contributed by atoms with E-state index in [1.54, 1.807) is 41.2 Å². The van der Waals surface area contributed by atoms with Gasteiger partial charge in [0.1, 0.15) is 12.4 Å². The first-order valence-electron chi connectivity index (χ1n) is 11.4. The molecule has 1 aliphatic rings. The molecule has 0 aliphatic carbocycles. The van der Waals surface area contributed by atoms with Gasteiger partial charge in [0.15, 0.2) is 5.82 Å². The highest BCUT2D eigenvalue weighted by molar-refractivity contribution is 7.85. The molecule has 1 aliphatic heterocycles. The Morgan fingerprint density at radius 3 is 2.69 bits per heavy atom. The highest BCUT2D eigenvalue weighted by Gasteiger charge is 2.22. The number of hydrogen-bond donors (Lipinski definition) is 2. The minimum Gasteiger partial charge on any atom is -0.377 e. The molecular formula is C23H29N7O5S. The Labute approximate surface area is 209 Å². The third-order valence-corrected chi connectivity index (χ3v) is 6.01. The summed E-state index contributed by atoms with van der Waals surface area (Å²) in [5.74, 6) is 1.09. The third kappa shape index (κ3) is 6.99. The van der Waals surface area contributed by atoms with Crippen LogP contribution in [-0.4, -0.2) is 66.3 Å². The third-order valence-electron chi connectivity index (χ3n) is 5.46. The molecule has 2 N–H and O–H groups in total. The number of hydrogen-bond acceptors (Lipinski definition) is 9. The molecule has 0 unspecified atom stereocenters. The van der Waals surface area contributed by atoms with Crippen molar-refractivity contribution < 1.29 is 22.1 Å². The Bertz CT molecular complexity index is 1310. The van der Waals surface area contributed by atoms with Gasteiger partial charge in [-0.2, -0.15) is 13.5 Å². The van der Waals surface area contributed by atoms with Crippen molar-refractivity contribution >= 4 is 27.7 Å². The average Bonchev–Trinajstić information content (AvgIpc) is 3.27. The minimum atomic E-state index is -3.63. The lowest BCUT2D eigenvalue weighted by Crippen LogP contribution is -2.44. The molecule has 4 rings (SSSR count). The van der Waals surface area contributed by atoms with E-state index in [1.165, 1.54) is 0 Å². The average molecular weight is 516 g/mol. The molecule has 36 heavy (non-hydrogen) atoms. The zero-order valence-corrected chi connectivity index (χ0v) is 21.2. The van der Waals surface area contributed by atoms with Crippen molar-refractivity contribution in [2.75, 3.05) is 36.2 Å². The zero-order valence-electron chi connectivity index (χ0n) is 20.3. The fourth-order valence-corrected chi connectivity index (χ4v) is 4.03. The Hall–Kier alpha value is -3.55. The van der Waals surface area contributed by atoms with Crippen LogP contribution in [0.3, 0.4) is 0 Å². The molecule has 2 aromatic heterocycles. The molecule has 0 radical (unpaired) electrons. The van der Waals surface area contributed by atoms with Gasteiger partial charge in [-0.3, -0.25) is 8.86 Å². The van der Waals surface area contributed by atoms with E-state index in [0.717, 1.165) is 11.8 Å². The molecule has 13 heteroatoms. The second-order valence-electron chi connectivity index (χ2n) is 8.53. The summed E-state index contributed by atoms with van der Waals surface area (Å²) in [6.45, 7) is 3.99. The number of carbonyl (C=O) groups is 1. The number of aromatic nitrogens is 4. The number of urea groups is 1. The summed E-state index contributed by atoms with van der Waals surface area (Å²) in [5.41, 5.74) is 2.64. The lowest BCUT2D eigenvalue weighted by Gasteiger charge is -2.34. The Kier molecular flexibility index (Phi) is 7.82. The van der Waals surface area contributed by atoms with E-state index < -0.39 is 10.1 Å². The van der Waals surface area contributed by atoms with Crippen molar-refractivity contribution in [2.24, 2.45) is 7.05 Å². The van der Waals surface area contributed by atoms with E-state index in [0.29, 0.717) is 54.9 Å². The summed E-state index contributed by atoms with van der Waals surface area (Å²) >= 11 is 0. The number of nitrogens with zero attached hydrogens (tertiary/aromatic N) is 5. The number of rotatable bonds is 8. The minimum absolute atomic E-state index is 0.0990. The van der Waals surface area contributed by atoms with Crippen LogP contribution in [0.4, 0.5) is 16.3 Å². The molecule has 1 atom stereocenters. The normalized spacial score (nSPS) is 16.1. The SMILES string of the molecule is C[C@H]1COCCN1c1cc(COS(C)(=O)=O)nc(-c2ccc(NC(=O)NCc3cnn(C)c3)cc2)n1. The molecule has 12 nitrogen and oxygen atoms in total. The highest BCUT2D eigenvalue weighted by Crippen LogP contribution is 2.25. The second-order valence-corrected chi connectivity index (χ2v) is 10.2. The van der Waals surface area contributed by atoms with Gasteiger partial charge in [0.05, 0.1) is 37.4 Å². The summed E-state index contributed by atoms with van der Waals surface area (Å²) in [5, 5.41) is 9.64. The van der Waals surface area contributed by atoms with Crippen molar-refractivity contribution in [1.29, 1.82) is 0 Å². The zero-order chi connectivity index (χ0) is 25.7. The maximum Gasteiger partial charge on any atom is 0.319 e. The molecule has 1 fully saturated rings. The lowest BCUT2D eigenvalue weighted by atomic mass is 10.2. The molecule has 3 heterocycles. The predicted octanol–water partition coefficient (Wildman–Crippen LogP) is 1.90. The van der Waals surface area contributed by atoms with Gasteiger partial charge in [0.2, 0.25) is 0 Å². The van der Waals surface area contributed by atoms with E-state index in [2.05, 4.69) is 25.6 Å². The van der Waals surface area contributed by atoms with Gasteiger partial charge in [0, 0.05) is 49.2 Å². The van der Waals surface area contributed by atoms with Gasteiger partial charge < -0.3 is 20.3 Å². The van der Waals surface area contributed by atoms with Gasteiger partial charge in [-0.25, -0.2) is 14.8 Å². The smallest absolute Gasteiger partial charge is 0.319 e. The fourth-order valence-electron chi connectivity index (χ4n) is 3.69. The number of ether oxygens (including phenoxy) is 1. The van der Waals surface area contributed by atoms with Crippen LogP contribution in [0.1, 0.15) is 18.2 Å². The quantitative estimate of drug-likeness (QED) is 0.430. The molecule has 1 saturated heterocycles. The molecule has 0 bridgehead atoms. The van der Waals surface area contributed by atoms with Crippen molar-refractivity contribution in [3.05, 3.63) is 54.0 Å². The van der Waals surface area contributed by atoms with Gasteiger partial charge >= 0.3 is 6.03 Å². The van der Waals surface area contributed by atoms with Crippen molar-refractivity contribution in [1.82, 2.24) is 25.1 Å². The molecule has 0 saturated carbocycles. The Morgan fingerprint density at radius 2 is 2.03 bits per heavy atom. The summed E-state index contributed by atoms with van der Waals surface area (Å²) in [6, 6.07) is 8.57. The summed E-state index contributed by atoms with van der Waals surface area (Å²) < 4.78 is 35.2. The van der Waals surface area contributed by atoms with E-state index in [9.17, 15) is 13.2 Å². The largest absolute Gasteiger partial charge is 0.377 e. The van der Waals surface area contributed by atoms with E-state index in [-0.39, 0.29) is 18.7 Å². The van der Waals surface area contributed by atoms with Crippen molar-refractivity contribution in [2.45, 2.75) is 26.1 Å². The van der Waals surface area contributed by atoms with Crippen LogP contribution < -0.4 is 15.5 Å². The number of anilines is 2. The van der Waals surface area contributed by atoms with E-state index >= 15 is 0 Å². The molecule has 2 amide bonds. The summed E-state index contributed by atoms with van der Waals surface area (Å²) in [6.07, 6.45) is 4.52. The van der Waals surface area contributed by atoms with Crippen LogP contribution in [-0.2, 0) is 39.2 Å². The number of carbonyl (C=O) groups excluding carboxylic acids is 1. The van der Waals surface area contributed by atoms with Gasteiger partial charge in [-0.15, -0.1) is 0 Å². The monoisotopic (exact) mass is 515 g/mol. The molecule has 3 aromatic rings. The summed E-state index contributed by atoms with van der Waals surface area (Å²) in [7, 11) is -1.82. The van der Waals surface area contributed by atoms with Gasteiger partial charge in [0.25, 0.3) is 10.1 Å². The second kappa shape index (κ2) is 11.0. The number of nitrogens with one attached hydrogen (secondary N) is 2. The number of morpholine rings is 1. The van der Waals surface area contributed by atoms with Crippen molar-refractivity contribution in [3.8, 4) is 11.4 Å². The van der Waals surface area contributed by atoms with Crippen molar-refractivity contribution in [3.63, 3.8) is 0 Å². The van der Waals surface area contributed by atoms with Crippen LogP contribution in [0.25, 0.3) is 11.4 Å². The van der Waals surface area contributed by atoms with Gasteiger partial charge in [-0.05, 0) is 31.2 Å².